The molecule has 1 aliphatic heterocycles. The number of likely N-dealkylation sites (tertiary alicyclic amines) is 1. The molecule has 0 bridgehead atoms. The van der Waals surface area contributed by atoms with Crippen LogP contribution in [0.5, 0.6) is 0 Å². The zero-order chi connectivity index (χ0) is 17.3. The molecule has 0 spiro atoms. The van der Waals surface area contributed by atoms with Crippen molar-refractivity contribution in [2.24, 2.45) is 0 Å². The minimum absolute atomic E-state index is 0.763. The molecule has 1 fully saturated rings. The molecule has 25 heavy (non-hydrogen) atoms. The van der Waals surface area contributed by atoms with Crippen LogP contribution in [0.25, 0.3) is 0 Å². The van der Waals surface area contributed by atoms with Crippen LogP contribution < -0.4 is 5.32 Å². The highest BCUT2D eigenvalue weighted by molar-refractivity contribution is 5.35. The van der Waals surface area contributed by atoms with Gasteiger partial charge >= 0.3 is 0 Å². The zero-order valence-electron chi connectivity index (χ0n) is 15.1. The summed E-state index contributed by atoms with van der Waals surface area (Å²) in [6, 6.07) is 0. The number of nitrogens with zero attached hydrogens (tertiary/aromatic N) is 1. The van der Waals surface area contributed by atoms with E-state index in [-0.39, 0.29) is 0 Å². The zero-order valence-corrected chi connectivity index (χ0v) is 15.1. The van der Waals surface area contributed by atoms with Crippen LogP contribution >= 0.6 is 0 Å². The lowest BCUT2D eigenvalue weighted by Gasteiger charge is -2.32. The summed E-state index contributed by atoms with van der Waals surface area (Å²) in [6.07, 6.45) is 22.0. The summed E-state index contributed by atoms with van der Waals surface area (Å²) in [6.45, 7) is 4.13. The molecule has 1 saturated heterocycles. The van der Waals surface area contributed by atoms with Crippen LogP contribution in [-0.2, 0) is 4.74 Å². The molecule has 1 N–H and O–H groups in total. The van der Waals surface area contributed by atoms with E-state index in [0.29, 0.717) is 0 Å². The highest BCUT2D eigenvalue weighted by atomic mass is 16.5. The van der Waals surface area contributed by atoms with Crippen molar-refractivity contribution in [3.8, 4) is 0 Å². The van der Waals surface area contributed by atoms with E-state index < -0.39 is 0 Å². The molecule has 3 aliphatic rings. The Kier molecular flexibility index (Phi) is 6.55. The molecule has 0 aromatic heterocycles. The van der Waals surface area contributed by atoms with Crippen LogP contribution in [0.15, 0.2) is 76.9 Å². The number of nitrogens with one attached hydrogen (secondary N) is 1. The Bertz CT molecular complexity index is 679. The van der Waals surface area contributed by atoms with Crippen molar-refractivity contribution in [3.05, 3.63) is 76.9 Å². The van der Waals surface area contributed by atoms with Crippen LogP contribution in [0.2, 0.25) is 0 Å². The van der Waals surface area contributed by atoms with Gasteiger partial charge in [-0.25, -0.2) is 0 Å². The van der Waals surface area contributed by atoms with Gasteiger partial charge in [-0.2, -0.15) is 0 Å². The van der Waals surface area contributed by atoms with Gasteiger partial charge in [0, 0.05) is 38.3 Å². The maximum absolute atomic E-state index is 5.22. The molecule has 1 heterocycles. The van der Waals surface area contributed by atoms with Gasteiger partial charge < -0.3 is 15.0 Å². The Morgan fingerprint density at radius 2 is 1.96 bits per heavy atom. The number of piperidine rings is 1. The molecule has 3 rings (SSSR count). The molecular weight excluding hydrogens is 308 g/mol. The topological polar surface area (TPSA) is 24.5 Å². The molecule has 2 aliphatic carbocycles. The standard InChI is InChI=1S/C22H28N2O/c1-25-21-11-8-9-19(13-14-21)17-23-18-20-10-4-2-5-12-22(20)24-15-6-3-7-16-24/h2,4-5,8-10,13-14,23H,3,6-7,12,15-18H2,1H3. The number of hydrogen-bond donors (Lipinski definition) is 1. The first kappa shape index (κ1) is 17.6. The summed E-state index contributed by atoms with van der Waals surface area (Å²) in [5.41, 5.74) is 7.24. The third kappa shape index (κ3) is 5.12. The van der Waals surface area contributed by atoms with Crippen molar-refractivity contribution in [1.82, 2.24) is 10.2 Å². The Hall–Kier alpha value is -2.22. The van der Waals surface area contributed by atoms with Gasteiger partial charge in [0.05, 0.1) is 7.11 Å². The predicted molar refractivity (Wildman–Crippen MR) is 104 cm³/mol. The van der Waals surface area contributed by atoms with Crippen LogP contribution in [-0.4, -0.2) is 38.2 Å². The normalized spacial score (nSPS) is 20.3. The molecule has 0 aromatic rings. The Labute approximate surface area is 151 Å². The molecule has 3 heteroatoms. The predicted octanol–water partition coefficient (Wildman–Crippen LogP) is 4.01. The average Bonchev–Trinajstić information content (AvgIpc) is 3.03. The molecule has 0 unspecified atom stereocenters. The van der Waals surface area contributed by atoms with Gasteiger partial charge in [-0.3, -0.25) is 0 Å². The monoisotopic (exact) mass is 336 g/mol. The summed E-state index contributed by atoms with van der Waals surface area (Å²) in [7, 11) is 1.67. The molecular formula is C22H28N2O. The molecule has 132 valence electrons. The first-order valence-electron chi connectivity index (χ1n) is 9.25. The number of rotatable bonds is 6. The van der Waals surface area contributed by atoms with Crippen molar-refractivity contribution < 1.29 is 4.74 Å². The van der Waals surface area contributed by atoms with E-state index in [0.717, 1.165) is 25.3 Å². The highest BCUT2D eigenvalue weighted by Crippen LogP contribution is 2.23. The van der Waals surface area contributed by atoms with Crippen LogP contribution in [0.4, 0.5) is 0 Å². The van der Waals surface area contributed by atoms with Gasteiger partial charge in [0.25, 0.3) is 0 Å². The second-order valence-electron chi connectivity index (χ2n) is 6.57. The molecule has 0 aromatic carbocycles. The third-order valence-electron chi connectivity index (χ3n) is 4.80. The fraction of sp³-hybridized carbons (Fsp3) is 0.409. The number of methoxy groups -OCH3 is 1. The lowest BCUT2D eigenvalue weighted by atomic mass is 10.1. The van der Waals surface area contributed by atoms with E-state index >= 15 is 0 Å². The van der Waals surface area contributed by atoms with Crippen LogP contribution in [0.3, 0.4) is 0 Å². The van der Waals surface area contributed by atoms with Crippen LogP contribution in [0.1, 0.15) is 25.7 Å². The summed E-state index contributed by atoms with van der Waals surface area (Å²) in [4.78, 5) is 2.59. The Morgan fingerprint density at radius 1 is 1.08 bits per heavy atom. The lowest BCUT2D eigenvalue weighted by Crippen LogP contribution is -2.31. The molecule has 0 amide bonds. The summed E-state index contributed by atoms with van der Waals surface area (Å²) >= 11 is 0. The van der Waals surface area contributed by atoms with Crippen molar-refractivity contribution in [1.29, 1.82) is 0 Å². The minimum Gasteiger partial charge on any atom is -0.489 e. The largest absolute Gasteiger partial charge is 0.489 e. The van der Waals surface area contributed by atoms with E-state index in [4.69, 9.17) is 4.74 Å². The first-order valence-corrected chi connectivity index (χ1v) is 9.25. The van der Waals surface area contributed by atoms with E-state index in [2.05, 4.69) is 52.4 Å². The Balaban J connectivity index is 1.61. The van der Waals surface area contributed by atoms with Crippen molar-refractivity contribution >= 4 is 0 Å². The highest BCUT2D eigenvalue weighted by Gasteiger charge is 2.16. The molecule has 0 saturated carbocycles. The third-order valence-corrected chi connectivity index (χ3v) is 4.80. The van der Waals surface area contributed by atoms with Gasteiger partial charge in [0.15, 0.2) is 5.76 Å². The maximum atomic E-state index is 5.22. The average molecular weight is 336 g/mol. The molecule has 0 radical (unpaired) electrons. The molecule has 0 atom stereocenters. The van der Waals surface area contributed by atoms with Gasteiger partial charge in [-0.1, -0.05) is 36.1 Å². The van der Waals surface area contributed by atoms with Crippen molar-refractivity contribution in [3.63, 3.8) is 0 Å². The van der Waals surface area contributed by atoms with Crippen molar-refractivity contribution in [2.75, 3.05) is 33.3 Å². The van der Waals surface area contributed by atoms with E-state index in [1.807, 2.05) is 12.2 Å². The van der Waals surface area contributed by atoms with Crippen molar-refractivity contribution in [2.45, 2.75) is 25.7 Å². The summed E-state index contributed by atoms with van der Waals surface area (Å²) in [5.74, 6) is 0.763. The maximum Gasteiger partial charge on any atom is 0.161 e. The van der Waals surface area contributed by atoms with Crippen LogP contribution in [0, 0.1) is 0 Å². The van der Waals surface area contributed by atoms with E-state index in [9.17, 15) is 0 Å². The van der Waals surface area contributed by atoms with E-state index in [1.165, 1.54) is 49.2 Å². The number of hydrogen-bond acceptors (Lipinski definition) is 3. The SMILES string of the molecule is COC1=C=CC=C(CNCC2=C(N3CCCCC3)CC=CC=C2)C=C1. The number of allylic oxidation sites excluding steroid dienone is 5. The smallest absolute Gasteiger partial charge is 0.161 e. The van der Waals surface area contributed by atoms with Gasteiger partial charge in [0.1, 0.15) is 0 Å². The fourth-order valence-electron chi connectivity index (χ4n) is 3.42. The Morgan fingerprint density at radius 3 is 2.80 bits per heavy atom. The van der Waals surface area contributed by atoms with Gasteiger partial charge in [-0.05, 0) is 48.6 Å². The summed E-state index contributed by atoms with van der Waals surface area (Å²) < 4.78 is 5.22. The fourth-order valence-corrected chi connectivity index (χ4v) is 3.42. The second-order valence-corrected chi connectivity index (χ2v) is 6.57. The van der Waals surface area contributed by atoms with Gasteiger partial charge in [0.2, 0.25) is 0 Å². The molecule has 3 nitrogen and oxygen atoms in total. The van der Waals surface area contributed by atoms with Gasteiger partial charge in [-0.15, -0.1) is 0 Å². The lowest BCUT2D eigenvalue weighted by molar-refractivity contribution is 0.278. The van der Waals surface area contributed by atoms with E-state index in [1.54, 1.807) is 7.11 Å². The summed E-state index contributed by atoms with van der Waals surface area (Å²) in [5, 5.41) is 3.60. The second kappa shape index (κ2) is 9.31. The first-order chi connectivity index (χ1) is 12.4. The number of ether oxygens (including phenoxy) is 1. The minimum atomic E-state index is 0.763. The quantitative estimate of drug-likeness (QED) is 0.742.